The molecule has 4 atom stereocenters. The third-order valence-electron chi connectivity index (χ3n) is 11.5. The third kappa shape index (κ3) is 33.1. The Balaban J connectivity index is 1.98. The molecule has 0 bridgehead atoms. The second-order valence-electron chi connectivity index (χ2n) is 18.4. The van der Waals surface area contributed by atoms with Crippen LogP contribution in [0.25, 0.3) is 0 Å². The molecule has 0 aliphatic heterocycles. The van der Waals surface area contributed by atoms with Gasteiger partial charge in [0.15, 0.2) is 0 Å². The van der Waals surface area contributed by atoms with Crippen LogP contribution in [0.5, 0.6) is 0 Å². The van der Waals surface area contributed by atoms with Crippen molar-refractivity contribution in [2.24, 2.45) is 5.73 Å². The van der Waals surface area contributed by atoms with Crippen molar-refractivity contribution in [1.29, 1.82) is 0 Å². The van der Waals surface area contributed by atoms with E-state index in [4.69, 9.17) is 25.4 Å². The van der Waals surface area contributed by atoms with Crippen LogP contribution in [0, 0.1) is 0 Å². The number of aliphatic carboxylic acids is 5. The molecular weight excluding hydrogens is 1080 g/mol. The number of carboxylic acids is 5. The number of nitrogens with zero attached hydrogens (tertiary/aromatic N) is 6. The number of ether oxygens (including phenoxy) is 2. The minimum absolute atomic E-state index is 0.00192. The van der Waals surface area contributed by atoms with Crippen LogP contribution in [0.2, 0.25) is 0 Å². The molecule has 0 saturated heterocycles. The second-order valence-corrected chi connectivity index (χ2v) is 18.4. The minimum atomic E-state index is -1.74. The van der Waals surface area contributed by atoms with Gasteiger partial charge in [0.2, 0.25) is 41.4 Å². The van der Waals surface area contributed by atoms with Crippen LogP contribution in [0.1, 0.15) is 114 Å². The van der Waals surface area contributed by atoms with E-state index >= 15 is 0 Å². The lowest BCUT2D eigenvalue weighted by Crippen LogP contribution is -2.55. The molecule has 0 aliphatic rings. The Morgan fingerprint density at radius 1 is 0.457 bits per heavy atom. The van der Waals surface area contributed by atoms with E-state index < -0.39 is 121 Å². The monoisotopic (exact) mass is 1150 g/mol. The fourth-order valence-corrected chi connectivity index (χ4v) is 7.41. The Bertz CT molecular complexity index is 2370. The Morgan fingerprint density at radius 3 is 1.42 bits per heavy atom. The molecule has 2 heterocycles. The first kappa shape index (κ1) is 68.9. The smallest absolute Gasteiger partial charge is 0.305 e. The summed E-state index contributed by atoms with van der Waals surface area (Å²) in [6.45, 7) is 0.996. The summed E-state index contributed by atoms with van der Waals surface area (Å²) < 4.78 is 13.7. The molecule has 33 nitrogen and oxygen atoms in total. The zero-order valence-electron chi connectivity index (χ0n) is 45.0. The van der Waals surface area contributed by atoms with Crippen LogP contribution < -0.4 is 43.0 Å². The number of rotatable bonds is 47. The zero-order valence-corrected chi connectivity index (χ0v) is 45.0. The minimum Gasteiger partial charge on any atom is -0.481 e. The van der Waals surface area contributed by atoms with Gasteiger partial charge in [-0.1, -0.05) is 10.4 Å². The summed E-state index contributed by atoms with van der Waals surface area (Å²) in [4.78, 5) is 148. The van der Waals surface area contributed by atoms with E-state index in [-0.39, 0.29) is 84.3 Å². The van der Waals surface area contributed by atoms with E-state index in [9.17, 15) is 72.9 Å². The molecule has 0 aliphatic carbocycles. The summed E-state index contributed by atoms with van der Waals surface area (Å²) in [5, 5.41) is 78.8. The van der Waals surface area contributed by atoms with Gasteiger partial charge in [-0.3, -0.25) is 66.9 Å². The number of nitrogens with one attached hydrogen (secondary N) is 7. The first-order chi connectivity index (χ1) is 38.6. The van der Waals surface area contributed by atoms with Crippen molar-refractivity contribution in [3.63, 3.8) is 0 Å². The molecule has 0 fully saturated rings. The zero-order chi connectivity index (χ0) is 60.0. The number of hydrogen-bond donors (Lipinski definition) is 13. The summed E-state index contributed by atoms with van der Waals surface area (Å²) in [5.41, 5.74) is 6.61. The van der Waals surface area contributed by atoms with Crippen molar-refractivity contribution in [1.82, 2.24) is 67.2 Å². The van der Waals surface area contributed by atoms with Gasteiger partial charge in [-0.2, -0.15) is 0 Å². The Hall–Kier alpha value is -8.20. The van der Waals surface area contributed by atoms with Crippen molar-refractivity contribution < 1.29 is 92.5 Å². The van der Waals surface area contributed by atoms with Crippen molar-refractivity contribution in [2.75, 3.05) is 52.6 Å². The van der Waals surface area contributed by atoms with Crippen LogP contribution in [0.4, 0.5) is 0 Å². The Morgan fingerprint density at radius 2 is 0.914 bits per heavy atom. The highest BCUT2D eigenvalue weighted by Gasteiger charge is 2.31. The third-order valence-corrected chi connectivity index (χ3v) is 11.5. The number of hydrogen-bond acceptors (Lipinski definition) is 19. The molecule has 7 amide bonds. The average molecular weight is 1150 g/mol. The van der Waals surface area contributed by atoms with Crippen LogP contribution in [-0.4, -0.2) is 203 Å². The molecule has 2 aromatic rings. The number of aryl methyl sites for hydroxylation is 4. The fourth-order valence-electron chi connectivity index (χ4n) is 7.41. The van der Waals surface area contributed by atoms with E-state index in [1.807, 2.05) is 0 Å². The first-order valence-electron chi connectivity index (χ1n) is 26.4. The van der Waals surface area contributed by atoms with E-state index in [1.54, 1.807) is 17.1 Å². The lowest BCUT2D eigenvalue weighted by Gasteiger charge is -2.23. The van der Waals surface area contributed by atoms with E-state index in [0.29, 0.717) is 82.6 Å². The fraction of sp³-hybridized carbons (Fsp3) is 0.667. The van der Waals surface area contributed by atoms with Crippen molar-refractivity contribution >= 4 is 71.2 Å². The summed E-state index contributed by atoms with van der Waals surface area (Å²) in [6, 6.07) is -6.50. The van der Waals surface area contributed by atoms with E-state index in [1.165, 1.54) is 4.68 Å². The first-order valence-corrected chi connectivity index (χ1v) is 26.4. The van der Waals surface area contributed by atoms with Gasteiger partial charge in [-0.25, -0.2) is 0 Å². The van der Waals surface area contributed by atoms with Crippen molar-refractivity contribution in [2.45, 2.75) is 153 Å². The van der Waals surface area contributed by atoms with Crippen molar-refractivity contribution in [3.8, 4) is 0 Å². The van der Waals surface area contributed by atoms with Crippen LogP contribution in [0.15, 0.2) is 12.4 Å². The quantitative estimate of drug-likeness (QED) is 0.0287. The van der Waals surface area contributed by atoms with Gasteiger partial charge in [0.25, 0.3) is 0 Å². The van der Waals surface area contributed by atoms with Gasteiger partial charge in [0.05, 0.1) is 63.6 Å². The van der Waals surface area contributed by atoms with Crippen molar-refractivity contribution in [3.05, 3.63) is 23.8 Å². The maximum Gasteiger partial charge on any atom is 0.305 e. The maximum atomic E-state index is 13.5. The number of nitrogens with two attached hydrogens (primary N) is 1. The highest BCUT2D eigenvalue weighted by Crippen LogP contribution is 2.08. The van der Waals surface area contributed by atoms with Crippen LogP contribution in [0.3, 0.4) is 0 Å². The number of aromatic nitrogens is 6. The molecular formula is C48H76N14O19. The molecule has 2 rings (SSSR count). The summed E-state index contributed by atoms with van der Waals surface area (Å²) in [5.74, 6) is -12.4. The highest BCUT2D eigenvalue weighted by molar-refractivity contribution is 5.96. The molecule has 14 N–H and O–H groups in total. The normalized spacial score (nSPS) is 12.4. The number of carbonyl (C=O) groups is 12. The molecule has 2 aromatic heterocycles. The topological polar surface area (TPSA) is 496 Å². The van der Waals surface area contributed by atoms with Crippen LogP contribution >= 0.6 is 0 Å². The van der Waals surface area contributed by atoms with Crippen LogP contribution in [-0.2, 0) is 92.9 Å². The standard InChI is InChI=1S/C48H76N14O19/c49-16-21-80-23-24-81-22-18-51-45(76)33(55-47(78)36(27-44(74)75)54-39(65)28-52-37(63)12-2-5-19-61-29-31(57-59-61)9-7-14-40(66)67)11-1-4-17-50-46(77)34(25-42(70)71)56-48(79)35(26-43(72)73)53-38(64)13-3-6-20-62-30-32(58-60-62)10-8-15-41(68)69/h29-30,33-36H,1-28,49H2,(H,50,77)(H,51,76)(H,52,63)(H,53,64)(H,54,65)(H,55,78)(H,56,79)(H,66,67)(H,68,69)(H,70,71)(H,72,73)(H,74,75)/t33-,34-,35-,36-/m0/s1. The Labute approximate surface area is 464 Å². The summed E-state index contributed by atoms with van der Waals surface area (Å²) >= 11 is 0. The van der Waals surface area contributed by atoms with Gasteiger partial charge in [-0.15, -0.1) is 10.2 Å². The molecule has 81 heavy (non-hydrogen) atoms. The molecule has 0 aromatic carbocycles. The molecule has 452 valence electrons. The summed E-state index contributed by atoms with van der Waals surface area (Å²) in [6.07, 6.45) is 3.67. The summed E-state index contributed by atoms with van der Waals surface area (Å²) in [7, 11) is 0. The van der Waals surface area contributed by atoms with Gasteiger partial charge >= 0.3 is 29.8 Å². The van der Waals surface area contributed by atoms with Gasteiger partial charge < -0.3 is 78.0 Å². The molecule has 0 unspecified atom stereocenters. The Kier molecular flexibility index (Phi) is 34.1. The lowest BCUT2D eigenvalue weighted by molar-refractivity contribution is -0.143. The number of carbonyl (C=O) groups excluding carboxylic acids is 7. The number of unbranched alkanes of at least 4 members (excludes halogenated alkanes) is 3. The van der Waals surface area contributed by atoms with Gasteiger partial charge in [0, 0.05) is 70.8 Å². The molecule has 0 radical (unpaired) electrons. The number of carboxylic acid groups (broad SMARTS) is 5. The maximum absolute atomic E-state index is 13.5. The highest BCUT2D eigenvalue weighted by atomic mass is 16.5. The lowest BCUT2D eigenvalue weighted by atomic mass is 10.1. The molecule has 0 spiro atoms. The van der Waals surface area contributed by atoms with Gasteiger partial charge in [0.1, 0.15) is 24.2 Å². The van der Waals surface area contributed by atoms with Gasteiger partial charge in [-0.05, 0) is 70.6 Å². The van der Waals surface area contributed by atoms with E-state index in [2.05, 4.69) is 57.8 Å². The largest absolute Gasteiger partial charge is 0.481 e. The average Bonchev–Trinajstić information content (AvgIpc) is 4.07. The molecule has 33 heteroatoms. The number of amides is 7. The SMILES string of the molecule is NCCOCCOCCNC(=O)[C@H](CCCCNC(=O)[C@H](CC(=O)O)NC(=O)[C@H](CC(=O)O)NC(=O)CCCCn1cc(CCCC(=O)O)nn1)NC(=O)[C@H](CC(=O)O)NC(=O)CNC(=O)CCCCn1cc(CCCC(=O)O)nn1. The molecule has 0 saturated carbocycles. The predicted octanol–water partition coefficient (Wildman–Crippen LogP) is -3.40. The predicted molar refractivity (Wildman–Crippen MR) is 277 cm³/mol. The van der Waals surface area contributed by atoms with E-state index in [0.717, 1.165) is 0 Å². The second kappa shape index (κ2) is 40.0.